The van der Waals surface area contributed by atoms with Crippen LogP contribution in [0.15, 0.2) is 44.9 Å². The summed E-state index contributed by atoms with van der Waals surface area (Å²) in [5.41, 5.74) is 5.19. The minimum atomic E-state index is -1.09. The van der Waals surface area contributed by atoms with Crippen molar-refractivity contribution in [3.8, 4) is 0 Å². The van der Waals surface area contributed by atoms with Crippen molar-refractivity contribution in [2.45, 2.75) is 62.7 Å². The van der Waals surface area contributed by atoms with Gasteiger partial charge in [-0.05, 0) is 32.1 Å². The zero-order chi connectivity index (χ0) is 44.1. The number of unbranched alkanes of at least 4 members (excludes halogenated alkanes) is 1. The molecule has 0 radical (unpaired) electrons. The number of methoxy groups -OCH3 is 4. The number of aliphatic imine (C=N–C) groups is 9. The van der Waals surface area contributed by atoms with Crippen molar-refractivity contribution >= 4 is 78.5 Å². The minimum absolute atomic E-state index is 0.0778. The summed E-state index contributed by atoms with van der Waals surface area (Å²) in [5, 5.41) is 0. The number of isocyanates is 8. The lowest BCUT2D eigenvalue weighted by Crippen LogP contribution is -2.23. The van der Waals surface area contributed by atoms with Crippen molar-refractivity contribution in [2.24, 2.45) is 50.7 Å². The molecule has 26 nitrogen and oxygen atoms in total. The van der Waals surface area contributed by atoms with Crippen LogP contribution in [0.5, 0.6) is 0 Å². The molecular weight excluding hydrogens is 768 g/mol. The molecule has 4 unspecified atom stereocenters. The number of hydrogen-bond acceptors (Lipinski definition) is 24. The summed E-state index contributed by atoms with van der Waals surface area (Å²) in [6.07, 6.45) is 12.7. The summed E-state index contributed by atoms with van der Waals surface area (Å²) >= 11 is 0. The van der Waals surface area contributed by atoms with E-state index in [1.165, 1.54) is 70.0 Å². The highest BCUT2D eigenvalue weighted by molar-refractivity contribution is 5.83. The molecule has 0 amide bonds. The van der Waals surface area contributed by atoms with Gasteiger partial charge in [-0.25, -0.2) is 72.5 Å². The van der Waals surface area contributed by atoms with Gasteiger partial charge >= 0.3 is 23.9 Å². The van der Waals surface area contributed by atoms with Crippen LogP contribution >= 0.6 is 0 Å². The number of hydrogen-bond donors (Lipinski definition) is 1. The van der Waals surface area contributed by atoms with E-state index < -0.39 is 48.0 Å². The Bertz CT molecular complexity index is 1670. The molecule has 308 valence electrons. The predicted octanol–water partition coefficient (Wildman–Crippen LogP) is -1.55. The quantitative estimate of drug-likeness (QED) is 0.0323. The fourth-order valence-electron chi connectivity index (χ4n) is 3.16. The summed E-state index contributed by atoms with van der Waals surface area (Å²) in [5.74, 6) is -2.75. The normalized spacial score (nSPS) is 11.0. The molecule has 0 saturated carbocycles. The smallest absolute Gasteiger partial charge is 0.333 e. The number of nitrogens with two attached hydrogens (primary N) is 1. The number of ether oxygens (including phenoxy) is 4. The Balaban J connectivity index is -0.000000331. The van der Waals surface area contributed by atoms with E-state index in [4.69, 9.17) is 5.73 Å². The van der Waals surface area contributed by atoms with Crippen LogP contribution in [0.2, 0.25) is 0 Å². The van der Waals surface area contributed by atoms with Crippen LogP contribution in [0, 0.1) is 0 Å². The number of carbonyl (C=O) groups excluding carboxylic acids is 12. The second-order valence-corrected chi connectivity index (χ2v) is 9.29. The summed E-state index contributed by atoms with van der Waals surface area (Å²) in [4.78, 5) is 152. The van der Waals surface area contributed by atoms with Crippen molar-refractivity contribution < 1.29 is 76.5 Å². The first kappa shape index (κ1) is 56.1. The molecule has 0 aliphatic rings. The third kappa shape index (κ3) is 35.2. The fourth-order valence-corrected chi connectivity index (χ4v) is 3.16. The Morgan fingerprint density at radius 3 is 1.25 bits per heavy atom. The SMILES string of the molecule is COC(=O)C(CCCCN=C=O)N=C=O.COC(=O)C(CCCN=C(N)N=C=O)N=C=O.COC(=O)C(CCN=C=O)N=C=O.COC(=O)C(CN=C=O)N=C=O. The Labute approximate surface area is 322 Å². The van der Waals surface area contributed by atoms with Crippen LogP contribution in [-0.4, -0.2) is 157 Å². The first-order chi connectivity index (χ1) is 27.4. The van der Waals surface area contributed by atoms with Gasteiger partial charge in [0.15, 0.2) is 24.2 Å². The molecule has 0 aliphatic heterocycles. The van der Waals surface area contributed by atoms with Crippen LogP contribution in [0.3, 0.4) is 0 Å². The fraction of sp³-hybridized carbons (Fsp3) is 0.581. The van der Waals surface area contributed by atoms with E-state index >= 15 is 0 Å². The molecule has 4 atom stereocenters. The summed E-state index contributed by atoms with van der Waals surface area (Å²) in [7, 11) is 4.75. The van der Waals surface area contributed by atoms with E-state index in [1.54, 1.807) is 0 Å². The van der Waals surface area contributed by atoms with Crippen LogP contribution < -0.4 is 5.73 Å². The Kier molecular flexibility index (Phi) is 42.1. The van der Waals surface area contributed by atoms with E-state index in [0.717, 1.165) is 7.11 Å². The maximum Gasteiger partial charge on any atom is 0.333 e. The maximum atomic E-state index is 11.1. The molecule has 0 aromatic heterocycles. The van der Waals surface area contributed by atoms with Gasteiger partial charge in [-0.15, -0.1) is 4.99 Å². The van der Waals surface area contributed by atoms with Gasteiger partial charge in [0, 0.05) is 13.0 Å². The molecule has 2 N–H and O–H groups in total. The molecule has 26 heteroatoms. The van der Waals surface area contributed by atoms with Gasteiger partial charge in [0.25, 0.3) is 0 Å². The molecule has 0 rings (SSSR count). The average molecular weight is 807 g/mol. The van der Waals surface area contributed by atoms with Gasteiger partial charge < -0.3 is 24.7 Å². The van der Waals surface area contributed by atoms with E-state index in [-0.39, 0.29) is 38.4 Å². The monoisotopic (exact) mass is 806 g/mol. The number of rotatable bonds is 22. The molecule has 0 aromatic rings. The van der Waals surface area contributed by atoms with Gasteiger partial charge in [-0.1, -0.05) is 0 Å². The lowest BCUT2D eigenvalue weighted by molar-refractivity contribution is -0.143. The second-order valence-electron chi connectivity index (χ2n) is 9.29. The molecule has 0 saturated heterocycles. The highest BCUT2D eigenvalue weighted by atomic mass is 16.5. The van der Waals surface area contributed by atoms with Gasteiger partial charge in [-0.2, -0.15) is 20.0 Å². The minimum Gasteiger partial charge on any atom is -0.467 e. The average Bonchev–Trinajstić information content (AvgIpc) is 3.22. The Morgan fingerprint density at radius 1 is 0.456 bits per heavy atom. The molecule has 0 aliphatic carbocycles. The van der Waals surface area contributed by atoms with E-state index in [2.05, 4.69) is 63.9 Å². The third-order valence-corrected chi connectivity index (χ3v) is 5.77. The Morgan fingerprint density at radius 2 is 0.842 bits per heavy atom. The third-order valence-electron chi connectivity index (χ3n) is 5.77. The number of guanidine groups is 1. The largest absolute Gasteiger partial charge is 0.467 e. The molecule has 0 fully saturated rings. The van der Waals surface area contributed by atoms with Gasteiger partial charge in [0.1, 0.15) is 0 Å². The molecule has 0 spiro atoms. The molecule has 0 heterocycles. The van der Waals surface area contributed by atoms with Crippen LogP contribution in [-0.2, 0) is 76.5 Å². The predicted molar refractivity (Wildman–Crippen MR) is 187 cm³/mol. The molecule has 57 heavy (non-hydrogen) atoms. The van der Waals surface area contributed by atoms with E-state index in [1.807, 2.05) is 0 Å². The van der Waals surface area contributed by atoms with Crippen LogP contribution in [0.25, 0.3) is 0 Å². The van der Waals surface area contributed by atoms with Crippen molar-refractivity contribution in [2.75, 3.05) is 54.6 Å². The lowest BCUT2D eigenvalue weighted by Gasteiger charge is -2.06. The zero-order valence-electron chi connectivity index (χ0n) is 31.0. The molecule has 0 aromatic carbocycles. The van der Waals surface area contributed by atoms with E-state index in [9.17, 15) is 57.5 Å². The summed E-state index contributed by atoms with van der Waals surface area (Å²) < 4.78 is 17.5. The highest BCUT2D eigenvalue weighted by Crippen LogP contribution is 2.06. The van der Waals surface area contributed by atoms with Crippen molar-refractivity contribution in [3.05, 3.63) is 0 Å². The Hall–Kier alpha value is -7.61. The lowest BCUT2D eigenvalue weighted by atomic mass is 10.1. The van der Waals surface area contributed by atoms with Crippen molar-refractivity contribution in [1.82, 2.24) is 0 Å². The first-order valence-corrected chi connectivity index (χ1v) is 15.5. The molecular formula is C31H38N10O16. The van der Waals surface area contributed by atoms with Gasteiger partial charge in [-0.3, -0.25) is 4.99 Å². The maximum absolute atomic E-state index is 11.1. The van der Waals surface area contributed by atoms with Gasteiger partial charge in [0.05, 0.1) is 48.1 Å². The highest BCUT2D eigenvalue weighted by Gasteiger charge is 2.19. The van der Waals surface area contributed by atoms with Crippen LogP contribution in [0.4, 0.5) is 0 Å². The second kappa shape index (κ2) is 42.8. The van der Waals surface area contributed by atoms with Gasteiger partial charge in [0.2, 0.25) is 54.6 Å². The number of esters is 4. The summed E-state index contributed by atoms with van der Waals surface area (Å²) in [6, 6.07) is -3.70. The standard InChI is InChI=1S/C9H12N4O4.C9H12N2O4.C7H8N2O4.C6H6N2O4/c1-17-8(16)7(12-5-14)3-2-4-11-9(10)13-6-15;1-15-9(14)8(11-7-13)4-2-3-5-10-6-12;1-13-7(12)6(9-5-11)2-3-8-4-10;1-12-6(11)5(8-4-10)2-7-3-9/h7H,2-4H2,1H3,(H2,10,11);8H,2-5H2,1H3;6H,2-3H2,1H3;5H,2H2,1H3. The van der Waals surface area contributed by atoms with Crippen molar-refractivity contribution in [3.63, 3.8) is 0 Å². The summed E-state index contributed by atoms with van der Waals surface area (Å²) in [6.45, 7) is 0.445. The number of nitrogens with zero attached hydrogens (tertiary/aromatic N) is 9. The van der Waals surface area contributed by atoms with Crippen molar-refractivity contribution in [1.29, 1.82) is 0 Å². The zero-order valence-corrected chi connectivity index (χ0v) is 31.0. The number of carbonyl (C=O) groups is 4. The van der Waals surface area contributed by atoms with Crippen LogP contribution in [0.1, 0.15) is 38.5 Å². The topological polar surface area (TPSA) is 379 Å². The molecule has 0 bridgehead atoms. The first-order valence-electron chi connectivity index (χ1n) is 15.5. The van der Waals surface area contributed by atoms with E-state index in [0.29, 0.717) is 32.2 Å².